The van der Waals surface area contributed by atoms with E-state index in [1.807, 2.05) is 35.2 Å². The molecule has 0 saturated carbocycles. The van der Waals surface area contributed by atoms with Gasteiger partial charge >= 0.3 is 0 Å². The first-order chi connectivity index (χ1) is 9.55. The zero-order valence-corrected chi connectivity index (χ0v) is 13.1. The Hall–Kier alpha value is -1.65. The Morgan fingerprint density at radius 3 is 2.90 bits per heavy atom. The molecule has 0 spiro atoms. The number of rotatable bonds is 1. The molecule has 1 aliphatic heterocycles. The molecule has 1 fully saturated rings. The van der Waals surface area contributed by atoms with Crippen molar-refractivity contribution in [1.29, 1.82) is 0 Å². The number of piperazine rings is 1. The van der Waals surface area contributed by atoms with Crippen LogP contribution in [0.25, 0.3) is 10.9 Å². The van der Waals surface area contributed by atoms with Crippen LogP contribution in [0, 0.1) is 0 Å². The molecule has 1 N–H and O–H groups in total. The van der Waals surface area contributed by atoms with Gasteiger partial charge in [0, 0.05) is 42.3 Å². The third kappa shape index (κ3) is 3.34. The SMILES string of the molecule is CC1(C)CN(C(=O)c2ccc3ncccc3c2)CCN1.Cl. The number of amides is 1. The molecule has 2 aromatic rings. The van der Waals surface area contributed by atoms with Crippen molar-refractivity contribution < 1.29 is 4.79 Å². The monoisotopic (exact) mass is 305 g/mol. The highest BCUT2D eigenvalue weighted by molar-refractivity contribution is 5.98. The third-order valence-electron chi connectivity index (χ3n) is 3.71. The number of aromatic nitrogens is 1. The lowest BCUT2D eigenvalue weighted by Gasteiger charge is -2.39. The van der Waals surface area contributed by atoms with Crippen molar-refractivity contribution in [3.8, 4) is 0 Å². The van der Waals surface area contributed by atoms with Gasteiger partial charge in [-0.05, 0) is 38.1 Å². The Morgan fingerprint density at radius 2 is 2.14 bits per heavy atom. The lowest BCUT2D eigenvalue weighted by Crippen LogP contribution is -2.58. The molecule has 3 rings (SSSR count). The number of carbonyl (C=O) groups excluding carboxylic acids is 1. The lowest BCUT2D eigenvalue weighted by atomic mass is 10.0. The van der Waals surface area contributed by atoms with Crippen LogP contribution >= 0.6 is 12.4 Å². The number of hydrogen-bond donors (Lipinski definition) is 1. The second-order valence-corrected chi connectivity index (χ2v) is 5.95. The van der Waals surface area contributed by atoms with Crippen LogP contribution in [0.3, 0.4) is 0 Å². The molecule has 0 atom stereocenters. The van der Waals surface area contributed by atoms with Crippen molar-refractivity contribution in [1.82, 2.24) is 15.2 Å². The minimum Gasteiger partial charge on any atom is -0.336 e. The summed E-state index contributed by atoms with van der Waals surface area (Å²) in [5.41, 5.74) is 1.64. The molecular formula is C16H20ClN3O. The van der Waals surface area contributed by atoms with Crippen molar-refractivity contribution in [2.75, 3.05) is 19.6 Å². The third-order valence-corrected chi connectivity index (χ3v) is 3.71. The van der Waals surface area contributed by atoms with Crippen LogP contribution in [0.2, 0.25) is 0 Å². The summed E-state index contributed by atoms with van der Waals surface area (Å²) in [6, 6.07) is 9.59. The fourth-order valence-electron chi connectivity index (χ4n) is 2.71. The van der Waals surface area contributed by atoms with Crippen LogP contribution in [0.1, 0.15) is 24.2 Å². The van der Waals surface area contributed by atoms with E-state index in [1.54, 1.807) is 6.20 Å². The van der Waals surface area contributed by atoms with Crippen molar-refractivity contribution in [3.63, 3.8) is 0 Å². The Labute approximate surface area is 131 Å². The summed E-state index contributed by atoms with van der Waals surface area (Å²) in [4.78, 5) is 18.8. The quantitative estimate of drug-likeness (QED) is 0.880. The Balaban J connectivity index is 0.00000161. The van der Waals surface area contributed by atoms with Gasteiger partial charge in [-0.2, -0.15) is 0 Å². The smallest absolute Gasteiger partial charge is 0.253 e. The van der Waals surface area contributed by atoms with E-state index >= 15 is 0 Å². The van der Waals surface area contributed by atoms with Crippen molar-refractivity contribution in [3.05, 3.63) is 42.1 Å². The predicted octanol–water partition coefficient (Wildman–Crippen LogP) is 2.48. The summed E-state index contributed by atoms with van der Waals surface area (Å²) >= 11 is 0. The van der Waals surface area contributed by atoms with Gasteiger partial charge in [-0.1, -0.05) is 6.07 Å². The van der Waals surface area contributed by atoms with E-state index in [1.165, 1.54) is 0 Å². The summed E-state index contributed by atoms with van der Waals surface area (Å²) < 4.78 is 0. The number of benzene rings is 1. The molecule has 2 heterocycles. The van der Waals surface area contributed by atoms with Gasteiger partial charge in [0.25, 0.3) is 5.91 Å². The molecule has 5 heteroatoms. The van der Waals surface area contributed by atoms with E-state index in [-0.39, 0.29) is 23.9 Å². The van der Waals surface area contributed by atoms with E-state index in [4.69, 9.17) is 0 Å². The normalized spacial score (nSPS) is 17.3. The summed E-state index contributed by atoms with van der Waals surface area (Å²) in [5.74, 6) is 0.102. The molecule has 21 heavy (non-hydrogen) atoms. The average Bonchev–Trinajstić information content (AvgIpc) is 2.45. The molecule has 1 aromatic heterocycles. The fourth-order valence-corrected chi connectivity index (χ4v) is 2.71. The molecule has 112 valence electrons. The van der Waals surface area contributed by atoms with Crippen LogP contribution in [0.4, 0.5) is 0 Å². The first kappa shape index (κ1) is 15.7. The number of fused-ring (bicyclic) bond motifs is 1. The molecular weight excluding hydrogens is 286 g/mol. The Kier molecular flexibility index (Phi) is 4.49. The van der Waals surface area contributed by atoms with E-state index in [0.717, 1.165) is 36.1 Å². The topological polar surface area (TPSA) is 45.2 Å². The van der Waals surface area contributed by atoms with Crippen LogP contribution in [0.5, 0.6) is 0 Å². The number of halogens is 1. The molecule has 1 aliphatic rings. The zero-order valence-electron chi connectivity index (χ0n) is 12.3. The van der Waals surface area contributed by atoms with Crippen molar-refractivity contribution >= 4 is 29.2 Å². The molecule has 1 aromatic carbocycles. The van der Waals surface area contributed by atoms with Crippen LogP contribution in [-0.2, 0) is 0 Å². The molecule has 1 amide bonds. The minimum atomic E-state index is -0.0215. The lowest BCUT2D eigenvalue weighted by molar-refractivity contribution is 0.0652. The molecule has 0 radical (unpaired) electrons. The second kappa shape index (κ2) is 6.00. The largest absolute Gasteiger partial charge is 0.336 e. The van der Waals surface area contributed by atoms with Gasteiger partial charge in [0.2, 0.25) is 0 Å². The van der Waals surface area contributed by atoms with Gasteiger partial charge in [0.1, 0.15) is 0 Å². The number of nitrogens with zero attached hydrogens (tertiary/aromatic N) is 2. The van der Waals surface area contributed by atoms with Gasteiger partial charge in [0.05, 0.1) is 5.52 Å². The molecule has 0 aliphatic carbocycles. The number of carbonyl (C=O) groups is 1. The average molecular weight is 306 g/mol. The van der Waals surface area contributed by atoms with Gasteiger partial charge in [-0.25, -0.2) is 0 Å². The van der Waals surface area contributed by atoms with E-state index in [9.17, 15) is 4.79 Å². The van der Waals surface area contributed by atoms with Gasteiger partial charge in [-0.3, -0.25) is 9.78 Å². The van der Waals surface area contributed by atoms with Crippen molar-refractivity contribution in [2.24, 2.45) is 0 Å². The van der Waals surface area contributed by atoms with E-state index in [0.29, 0.717) is 0 Å². The first-order valence-electron chi connectivity index (χ1n) is 6.94. The maximum Gasteiger partial charge on any atom is 0.253 e. The summed E-state index contributed by atoms with van der Waals surface area (Å²) in [5, 5.41) is 4.43. The van der Waals surface area contributed by atoms with Crippen LogP contribution in [-0.4, -0.2) is 41.0 Å². The fraction of sp³-hybridized carbons (Fsp3) is 0.375. The highest BCUT2D eigenvalue weighted by atomic mass is 35.5. The highest BCUT2D eigenvalue weighted by Gasteiger charge is 2.29. The van der Waals surface area contributed by atoms with E-state index < -0.39 is 0 Å². The number of hydrogen-bond acceptors (Lipinski definition) is 3. The highest BCUT2D eigenvalue weighted by Crippen LogP contribution is 2.17. The molecule has 0 bridgehead atoms. The molecule has 1 saturated heterocycles. The summed E-state index contributed by atoms with van der Waals surface area (Å²) in [7, 11) is 0. The first-order valence-corrected chi connectivity index (χ1v) is 6.94. The van der Waals surface area contributed by atoms with Crippen LogP contribution < -0.4 is 5.32 Å². The Bertz CT molecular complexity index is 657. The van der Waals surface area contributed by atoms with E-state index in [2.05, 4.69) is 24.1 Å². The standard InChI is InChI=1S/C16H19N3O.ClH/c1-16(2)11-19(9-8-18-16)15(20)13-5-6-14-12(10-13)4-3-7-17-14;/h3-7,10,18H,8-9,11H2,1-2H3;1H. The second-order valence-electron chi connectivity index (χ2n) is 5.95. The summed E-state index contributed by atoms with van der Waals surface area (Å²) in [6.45, 7) is 6.58. The molecule has 4 nitrogen and oxygen atoms in total. The molecule has 0 unspecified atom stereocenters. The van der Waals surface area contributed by atoms with Gasteiger partial charge in [-0.15, -0.1) is 12.4 Å². The number of pyridine rings is 1. The van der Waals surface area contributed by atoms with Gasteiger partial charge < -0.3 is 10.2 Å². The maximum atomic E-state index is 12.6. The van der Waals surface area contributed by atoms with Crippen LogP contribution in [0.15, 0.2) is 36.5 Å². The predicted molar refractivity (Wildman–Crippen MR) is 87.0 cm³/mol. The maximum absolute atomic E-state index is 12.6. The Morgan fingerprint density at radius 1 is 1.33 bits per heavy atom. The van der Waals surface area contributed by atoms with Crippen molar-refractivity contribution in [2.45, 2.75) is 19.4 Å². The number of nitrogens with one attached hydrogen (secondary N) is 1. The summed E-state index contributed by atoms with van der Waals surface area (Å²) in [6.07, 6.45) is 1.77. The zero-order chi connectivity index (χ0) is 14.2. The van der Waals surface area contributed by atoms with Gasteiger partial charge in [0.15, 0.2) is 0 Å². The minimum absolute atomic E-state index is 0.